The van der Waals surface area contributed by atoms with E-state index in [9.17, 15) is 0 Å². The highest BCUT2D eigenvalue weighted by Crippen LogP contribution is 2.22. The Labute approximate surface area is 330 Å². The van der Waals surface area contributed by atoms with Crippen molar-refractivity contribution in [1.29, 1.82) is 0 Å². The third-order valence-corrected chi connectivity index (χ3v) is 25.1. The largest absolute Gasteiger partial charge is 0.424 e. The molecule has 268 valence electrons. The zero-order valence-electron chi connectivity index (χ0n) is 30.5. The monoisotopic (exact) mass is 778 g/mol. The Morgan fingerprint density at radius 2 is 0.418 bits per heavy atom. The van der Waals surface area contributed by atoms with Crippen molar-refractivity contribution in [3.05, 3.63) is 243 Å². The van der Waals surface area contributed by atoms with E-state index in [0.29, 0.717) is 0 Å². The van der Waals surface area contributed by atoms with Crippen molar-refractivity contribution in [3.8, 4) is 0 Å². The molecule has 0 spiro atoms. The SMILES string of the molecule is c1ccc([SiH](O[Si](O[Si](O[SiH](c2ccccc2)c2ccccc2)(c2ccccc2)c2ccccc2)(c2ccccc2)c2ccccc2)c2ccccc2)cc1. The maximum absolute atomic E-state index is 8.42. The first-order valence-electron chi connectivity index (χ1n) is 18.7. The molecule has 0 fully saturated rings. The summed E-state index contributed by atoms with van der Waals surface area (Å²) in [4.78, 5) is 0. The lowest BCUT2D eigenvalue weighted by Crippen LogP contribution is -2.78. The van der Waals surface area contributed by atoms with Crippen LogP contribution in [0.3, 0.4) is 0 Å². The summed E-state index contributed by atoms with van der Waals surface area (Å²) >= 11 is 0. The molecule has 3 nitrogen and oxygen atoms in total. The molecule has 8 aromatic carbocycles. The molecule has 0 atom stereocenters. The van der Waals surface area contributed by atoms with Crippen molar-refractivity contribution in [2.45, 2.75) is 0 Å². The zero-order valence-corrected chi connectivity index (χ0v) is 34.8. The van der Waals surface area contributed by atoms with E-state index in [1.54, 1.807) is 0 Å². The van der Waals surface area contributed by atoms with Gasteiger partial charge in [0.25, 0.3) is 0 Å². The Balaban J connectivity index is 1.44. The summed E-state index contributed by atoms with van der Waals surface area (Å²) in [5.41, 5.74) is 0. The zero-order chi connectivity index (χ0) is 37.2. The van der Waals surface area contributed by atoms with E-state index in [0.717, 1.165) is 20.7 Å². The van der Waals surface area contributed by atoms with Crippen LogP contribution in [0.25, 0.3) is 0 Å². The van der Waals surface area contributed by atoms with Crippen LogP contribution >= 0.6 is 0 Å². The standard InChI is InChI=1S/C48H42O3Si4/c1-9-25-41(26-10-1)52(42-27-11-2-12-28-42)49-54(45-33-17-5-18-34-45,46-35-19-6-20-36-46)51-55(47-37-21-7-22-38-47,48-39-23-8-24-40-48)50-53(43-29-13-3-14-30-43)44-31-15-4-16-32-44/h1-40,52-53H. The predicted molar refractivity (Wildman–Crippen MR) is 238 cm³/mol. The molecule has 0 bridgehead atoms. The van der Waals surface area contributed by atoms with Crippen molar-refractivity contribution in [3.63, 3.8) is 0 Å². The highest BCUT2D eigenvalue weighted by molar-refractivity contribution is 7.09. The van der Waals surface area contributed by atoms with Crippen molar-refractivity contribution in [2.75, 3.05) is 0 Å². The molecular weight excluding hydrogens is 737 g/mol. The molecule has 0 saturated heterocycles. The second kappa shape index (κ2) is 17.3. The normalized spacial score (nSPS) is 11.8. The van der Waals surface area contributed by atoms with Crippen LogP contribution in [0.1, 0.15) is 0 Å². The van der Waals surface area contributed by atoms with E-state index >= 15 is 0 Å². The third kappa shape index (κ3) is 8.00. The van der Waals surface area contributed by atoms with Crippen LogP contribution in [-0.2, 0) is 12.3 Å². The fraction of sp³-hybridized carbons (Fsp3) is 0. The molecule has 0 N–H and O–H groups in total. The highest BCUT2D eigenvalue weighted by atomic mass is 28.5. The summed E-state index contributed by atoms with van der Waals surface area (Å²) in [7, 11) is -12.3. The van der Waals surface area contributed by atoms with Gasteiger partial charge >= 0.3 is 17.1 Å². The van der Waals surface area contributed by atoms with E-state index < -0.39 is 35.2 Å². The number of hydrogen-bond acceptors (Lipinski definition) is 3. The molecule has 0 radical (unpaired) electrons. The molecule has 0 saturated carbocycles. The van der Waals surface area contributed by atoms with Crippen molar-refractivity contribution in [1.82, 2.24) is 0 Å². The van der Waals surface area contributed by atoms with Crippen LogP contribution in [0.2, 0.25) is 0 Å². The number of rotatable bonds is 14. The topological polar surface area (TPSA) is 27.7 Å². The minimum atomic E-state index is -3.73. The van der Waals surface area contributed by atoms with E-state index in [1.165, 1.54) is 20.7 Å². The van der Waals surface area contributed by atoms with Gasteiger partial charge in [0.1, 0.15) is 0 Å². The van der Waals surface area contributed by atoms with E-state index in [1.807, 2.05) is 0 Å². The Morgan fingerprint density at radius 1 is 0.236 bits per heavy atom. The fourth-order valence-electron chi connectivity index (χ4n) is 7.22. The molecule has 55 heavy (non-hydrogen) atoms. The second-order valence-corrected chi connectivity index (χ2v) is 25.1. The molecule has 0 aliphatic heterocycles. The van der Waals surface area contributed by atoms with Gasteiger partial charge in [-0.05, 0) is 41.5 Å². The Bertz CT molecular complexity index is 2010. The molecule has 0 aromatic heterocycles. The van der Waals surface area contributed by atoms with Gasteiger partial charge in [0.05, 0.1) is 0 Å². The number of benzene rings is 8. The van der Waals surface area contributed by atoms with Crippen LogP contribution in [0.15, 0.2) is 243 Å². The van der Waals surface area contributed by atoms with E-state index in [2.05, 4.69) is 243 Å². The second-order valence-electron chi connectivity index (χ2n) is 13.4. The highest BCUT2D eigenvalue weighted by Gasteiger charge is 2.56. The van der Waals surface area contributed by atoms with Gasteiger partial charge in [0.15, 0.2) is 0 Å². The number of hydrogen-bond donors (Lipinski definition) is 0. The van der Waals surface area contributed by atoms with Gasteiger partial charge in [-0.15, -0.1) is 0 Å². The molecular formula is C48H42O3Si4. The van der Waals surface area contributed by atoms with Crippen molar-refractivity contribution < 1.29 is 12.3 Å². The summed E-state index contributed by atoms with van der Waals surface area (Å²) in [6.45, 7) is 0. The molecule has 0 heterocycles. The van der Waals surface area contributed by atoms with Crippen molar-refractivity contribution >= 4 is 76.7 Å². The van der Waals surface area contributed by atoms with Crippen LogP contribution < -0.4 is 41.5 Å². The Kier molecular flexibility index (Phi) is 11.5. The summed E-state index contributed by atoms with van der Waals surface area (Å²) in [6.07, 6.45) is 0. The first kappa shape index (κ1) is 36.5. The molecule has 0 aliphatic carbocycles. The summed E-state index contributed by atoms with van der Waals surface area (Å²) in [5.74, 6) is 0. The van der Waals surface area contributed by atoms with Crippen LogP contribution in [0.5, 0.6) is 0 Å². The Morgan fingerprint density at radius 3 is 0.618 bits per heavy atom. The quantitative estimate of drug-likeness (QED) is 0.151. The van der Waals surface area contributed by atoms with Crippen LogP contribution in [0, 0.1) is 0 Å². The molecule has 0 unspecified atom stereocenters. The van der Waals surface area contributed by atoms with Crippen LogP contribution in [-0.4, -0.2) is 35.2 Å². The molecule has 7 heteroatoms. The third-order valence-electron chi connectivity index (χ3n) is 9.88. The lowest BCUT2D eigenvalue weighted by atomic mass is 10.4. The molecule has 0 aliphatic rings. The van der Waals surface area contributed by atoms with Crippen LogP contribution in [0.4, 0.5) is 0 Å². The molecule has 0 amide bonds. The van der Waals surface area contributed by atoms with Crippen molar-refractivity contribution in [2.24, 2.45) is 0 Å². The predicted octanol–water partition coefficient (Wildman–Crippen LogP) is 4.63. The average molecular weight is 779 g/mol. The fourth-order valence-corrected chi connectivity index (χ4v) is 25.2. The van der Waals surface area contributed by atoms with Gasteiger partial charge in [0.2, 0.25) is 18.1 Å². The smallest absolute Gasteiger partial charge is 0.388 e. The Hall–Kier alpha value is -5.49. The lowest BCUT2D eigenvalue weighted by Gasteiger charge is -2.44. The minimum absolute atomic E-state index is 1.04. The molecule has 8 aromatic rings. The van der Waals surface area contributed by atoms with Gasteiger partial charge in [-0.3, -0.25) is 0 Å². The summed E-state index contributed by atoms with van der Waals surface area (Å²) in [5, 5.41) is 8.91. The maximum Gasteiger partial charge on any atom is 0.388 e. The van der Waals surface area contributed by atoms with E-state index in [4.69, 9.17) is 12.3 Å². The van der Waals surface area contributed by atoms with Gasteiger partial charge in [-0.1, -0.05) is 243 Å². The average Bonchev–Trinajstić information content (AvgIpc) is 3.29. The lowest BCUT2D eigenvalue weighted by molar-refractivity contribution is 0.369. The summed E-state index contributed by atoms with van der Waals surface area (Å²) < 4.78 is 24.6. The minimum Gasteiger partial charge on any atom is -0.424 e. The van der Waals surface area contributed by atoms with Gasteiger partial charge in [-0.25, -0.2) is 0 Å². The first-order chi connectivity index (χ1) is 27.3. The summed E-state index contributed by atoms with van der Waals surface area (Å²) in [6, 6.07) is 85.6. The van der Waals surface area contributed by atoms with Gasteiger partial charge in [0, 0.05) is 0 Å². The van der Waals surface area contributed by atoms with E-state index in [-0.39, 0.29) is 0 Å². The first-order valence-corrected chi connectivity index (χ1v) is 25.6. The maximum atomic E-state index is 8.42. The van der Waals surface area contributed by atoms with Gasteiger partial charge in [-0.2, -0.15) is 0 Å². The van der Waals surface area contributed by atoms with Gasteiger partial charge < -0.3 is 12.3 Å². The molecule has 8 rings (SSSR count).